The molecule has 0 aromatic heterocycles. The molecule has 4 heteroatoms. The molecular weight excluding hydrogens is 208 g/mol. The van der Waals surface area contributed by atoms with Crippen molar-refractivity contribution in [2.75, 3.05) is 0 Å². The SMILES string of the molecule is Cc1c(C(O)C(=O)O)ccc(O)c1C(C)C. The number of carboxylic acids is 1. The smallest absolute Gasteiger partial charge is 0.337 e. The second-order valence-corrected chi connectivity index (χ2v) is 4.11. The van der Waals surface area contributed by atoms with Crippen LogP contribution in [0.1, 0.15) is 42.6 Å². The van der Waals surface area contributed by atoms with Crippen molar-refractivity contribution in [3.05, 3.63) is 28.8 Å². The van der Waals surface area contributed by atoms with E-state index in [2.05, 4.69) is 0 Å². The maximum Gasteiger partial charge on any atom is 0.337 e. The van der Waals surface area contributed by atoms with E-state index in [1.165, 1.54) is 12.1 Å². The Hall–Kier alpha value is -1.55. The van der Waals surface area contributed by atoms with E-state index in [-0.39, 0.29) is 11.7 Å². The number of hydrogen-bond donors (Lipinski definition) is 3. The number of aliphatic hydroxyl groups excluding tert-OH is 1. The van der Waals surface area contributed by atoms with Crippen LogP contribution in [-0.4, -0.2) is 21.3 Å². The highest BCUT2D eigenvalue weighted by atomic mass is 16.4. The van der Waals surface area contributed by atoms with Gasteiger partial charge in [-0.1, -0.05) is 19.9 Å². The number of phenolic OH excluding ortho intramolecular Hbond substituents is 1. The van der Waals surface area contributed by atoms with Gasteiger partial charge in [-0.05, 0) is 35.6 Å². The molecule has 0 saturated heterocycles. The Morgan fingerprint density at radius 3 is 2.31 bits per heavy atom. The van der Waals surface area contributed by atoms with Crippen LogP contribution >= 0.6 is 0 Å². The first-order valence-electron chi connectivity index (χ1n) is 5.09. The van der Waals surface area contributed by atoms with Crippen LogP contribution in [0.5, 0.6) is 5.75 Å². The molecule has 0 radical (unpaired) electrons. The monoisotopic (exact) mass is 224 g/mol. The highest BCUT2D eigenvalue weighted by molar-refractivity contribution is 5.75. The molecule has 1 aromatic carbocycles. The molecule has 0 fully saturated rings. The summed E-state index contributed by atoms with van der Waals surface area (Å²) in [5.41, 5.74) is 1.64. The number of rotatable bonds is 3. The minimum Gasteiger partial charge on any atom is -0.508 e. The summed E-state index contributed by atoms with van der Waals surface area (Å²) >= 11 is 0. The van der Waals surface area contributed by atoms with Crippen LogP contribution in [0.4, 0.5) is 0 Å². The summed E-state index contributed by atoms with van der Waals surface area (Å²) in [5, 5.41) is 27.9. The van der Waals surface area contributed by atoms with Gasteiger partial charge in [0, 0.05) is 0 Å². The fourth-order valence-electron chi connectivity index (χ4n) is 1.89. The topological polar surface area (TPSA) is 77.8 Å². The lowest BCUT2D eigenvalue weighted by atomic mass is 9.91. The molecule has 1 aromatic rings. The molecule has 0 saturated carbocycles. The molecule has 3 N–H and O–H groups in total. The molecule has 0 aliphatic rings. The van der Waals surface area contributed by atoms with Crippen molar-refractivity contribution >= 4 is 5.97 Å². The van der Waals surface area contributed by atoms with Crippen molar-refractivity contribution in [2.45, 2.75) is 32.8 Å². The van der Waals surface area contributed by atoms with E-state index >= 15 is 0 Å². The molecule has 4 nitrogen and oxygen atoms in total. The van der Waals surface area contributed by atoms with Gasteiger partial charge in [0.25, 0.3) is 0 Å². The van der Waals surface area contributed by atoms with E-state index in [1.807, 2.05) is 13.8 Å². The number of carbonyl (C=O) groups is 1. The largest absolute Gasteiger partial charge is 0.508 e. The predicted octanol–water partition coefficient (Wildman–Crippen LogP) is 1.94. The van der Waals surface area contributed by atoms with Gasteiger partial charge in [0.05, 0.1) is 0 Å². The zero-order valence-electron chi connectivity index (χ0n) is 9.56. The summed E-state index contributed by atoms with van der Waals surface area (Å²) in [6, 6.07) is 2.86. The lowest BCUT2D eigenvalue weighted by Gasteiger charge is -2.17. The predicted molar refractivity (Wildman–Crippen MR) is 59.5 cm³/mol. The van der Waals surface area contributed by atoms with Crippen LogP contribution in [0, 0.1) is 6.92 Å². The van der Waals surface area contributed by atoms with Crippen LogP contribution in [0.3, 0.4) is 0 Å². The average molecular weight is 224 g/mol. The van der Waals surface area contributed by atoms with E-state index in [0.717, 1.165) is 0 Å². The summed E-state index contributed by atoms with van der Waals surface area (Å²) in [4.78, 5) is 10.7. The number of hydrogen-bond acceptors (Lipinski definition) is 3. The van der Waals surface area contributed by atoms with Gasteiger partial charge in [0.1, 0.15) is 5.75 Å². The Morgan fingerprint density at radius 1 is 1.31 bits per heavy atom. The lowest BCUT2D eigenvalue weighted by molar-refractivity contribution is -0.147. The lowest BCUT2D eigenvalue weighted by Crippen LogP contribution is -2.13. The second kappa shape index (κ2) is 4.53. The van der Waals surface area contributed by atoms with Gasteiger partial charge in [-0.3, -0.25) is 0 Å². The quantitative estimate of drug-likeness (QED) is 0.733. The van der Waals surface area contributed by atoms with Gasteiger partial charge in [0.15, 0.2) is 6.10 Å². The van der Waals surface area contributed by atoms with E-state index in [4.69, 9.17) is 5.11 Å². The fourth-order valence-corrected chi connectivity index (χ4v) is 1.89. The number of carboxylic acid groups (broad SMARTS) is 1. The number of aliphatic carboxylic acids is 1. The van der Waals surface area contributed by atoms with Crippen molar-refractivity contribution in [1.29, 1.82) is 0 Å². The van der Waals surface area contributed by atoms with Crippen molar-refractivity contribution in [2.24, 2.45) is 0 Å². The molecule has 0 aliphatic carbocycles. The molecule has 1 rings (SSSR count). The molecule has 0 aliphatic heterocycles. The van der Waals surface area contributed by atoms with Gasteiger partial charge in [-0.25, -0.2) is 4.79 Å². The molecular formula is C12H16O4. The third-order valence-corrected chi connectivity index (χ3v) is 2.64. The van der Waals surface area contributed by atoms with Gasteiger partial charge in [0.2, 0.25) is 0 Å². The molecule has 0 amide bonds. The molecule has 16 heavy (non-hydrogen) atoms. The van der Waals surface area contributed by atoms with Crippen molar-refractivity contribution in [1.82, 2.24) is 0 Å². The average Bonchev–Trinajstić information content (AvgIpc) is 2.16. The minimum absolute atomic E-state index is 0.0703. The second-order valence-electron chi connectivity index (χ2n) is 4.11. The van der Waals surface area contributed by atoms with Crippen LogP contribution in [0.25, 0.3) is 0 Å². The zero-order valence-corrected chi connectivity index (χ0v) is 9.56. The molecule has 88 valence electrons. The minimum atomic E-state index is -1.54. The van der Waals surface area contributed by atoms with Crippen molar-refractivity contribution < 1.29 is 20.1 Å². The number of phenols is 1. The Kier molecular flexibility index (Phi) is 3.55. The Bertz CT molecular complexity index is 410. The van der Waals surface area contributed by atoms with Crippen molar-refractivity contribution in [3.8, 4) is 5.75 Å². The van der Waals surface area contributed by atoms with E-state index in [1.54, 1.807) is 6.92 Å². The first kappa shape index (κ1) is 12.5. The summed E-state index contributed by atoms with van der Waals surface area (Å²) in [7, 11) is 0. The summed E-state index contributed by atoms with van der Waals surface area (Å²) in [5.74, 6) is -1.08. The highest BCUT2D eigenvalue weighted by Crippen LogP contribution is 2.33. The number of aliphatic hydroxyl groups is 1. The summed E-state index contributed by atoms with van der Waals surface area (Å²) in [6.07, 6.45) is -1.54. The molecule has 0 spiro atoms. The Balaban J connectivity index is 3.34. The summed E-state index contributed by atoms with van der Waals surface area (Å²) < 4.78 is 0. The van der Waals surface area contributed by atoms with Crippen LogP contribution < -0.4 is 0 Å². The van der Waals surface area contributed by atoms with Gasteiger partial charge < -0.3 is 15.3 Å². The molecule has 0 heterocycles. The first-order chi connectivity index (χ1) is 7.36. The molecule has 0 bridgehead atoms. The standard InChI is InChI=1S/C12H16O4/c1-6(2)10-7(3)8(4-5-9(10)13)11(14)12(15)16/h4-6,11,13-14H,1-3H3,(H,15,16). The summed E-state index contributed by atoms with van der Waals surface area (Å²) in [6.45, 7) is 5.51. The zero-order chi connectivity index (χ0) is 12.5. The Morgan fingerprint density at radius 2 is 1.88 bits per heavy atom. The van der Waals surface area contributed by atoms with Gasteiger partial charge in [-0.15, -0.1) is 0 Å². The van der Waals surface area contributed by atoms with Crippen LogP contribution in [0.2, 0.25) is 0 Å². The van der Waals surface area contributed by atoms with Gasteiger partial charge >= 0.3 is 5.97 Å². The molecule has 1 atom stereocenters. The molecule has 1 unspecified atom stereocenters. The fraction of sp³-hybridized carbons (Fsp3) is 0.417. The maximum atomic E-state index is 10.7. The third-order valence-electron chi connectivity index (χ3n) is 2.64. The van der Waals surface area contributed by atoms with Gasteiger partial charge in [-0.2, -0.15) is 0 Å². The van der Waals surface area contributed by atoms with E-state index in [0.29, 0.717) is 16.7 Å². The Labute approximate surface area is 94.2 Å². The maximum absolute atomic E-state index is 10.7. The van der Waals surface area contributed by atoms with Crippen LogP contribution in [-0.2, 0) is 4.79 Å². The third kappa shape index (κ3) is 2.17. The number of aromatic hydroxyl groups is 1. The normalized spacial score (nSPS) is 12.8. The van der Waals surface area contributed by atoms with Crippen molar-refractivity contribution in [3.63, 3.8) is 0 Å². The van der Waals surface area contributed by atoms with E-state index in [9.17, 15) is 15.0 Å². The highest BCUT2D eigenvalue weighted by Gasteiger charge is 2.21. The van der Waals surface area contributed by atoms with E-state index < -0.39 is 12.1 Å². The first-order valence-corrected chi connectivity index (χ1v) is 5.09. The van der Waals surface area contributed by atoms with Crippen LogP contribution in [0.15, 0.2) is 12.1 Å². The number of benzene rings is 1.